The maximum absolute atomic E-state index is 10.7. The number of hydrogen-bond donors (Lipinski definition) is 5. The molecule has 0 radical (unpaired) electrons. The maximum Gasteiger partial charge on any atom is 0.404 e. The molecule has 1 amide bonds. The molecular formula is C19H28N2O7. The van der Waals surface area contributed by atoms with E-state index in [0.29, 0.717) is 25.9 Å². The maximum atomic E-state index is 10.7. The van der Waals surface area contributed by atoms with Crippen LogP contribution < -0.4 is 5.32 Å². The third-order valence-corrected chi connectivity index (χ3v) is 5.24. The Kier molecular flexibility index (Phi) is 7.22. The first-order valence-corrected chi connectivity index (χ1v) is 9.52. The zero-order valence-corrected chi connectivity index (χ0v) is 15.6. The summed E-state index contributed by atoms with van der Waals surface area (Å²) in [5.41, 5.74) is 0.772. The van der Waals surface area contributed by atoms with Crippen LogP contribution in [0.3, 0.4) is 0 Å². The molecule has 0 aliphatic carbocycles. The SMILES string of the molecule is O=C(O)NC1CCN(C[C@H](O)[C@@H](O)[C@@H]2OC(c3ccccc3)OC[C@H]2O)CC1. The molecule has 2 heterocycles. The summed E-state index contributed by atoms with van der Waals surface area (Å²) in [6.45, 7) is 1.43. The number of ether oxygens (including phenoxy) is 2. The third kappa shape index (κ3) is 5.40. The third-order valence-electron chi connectivity index (χ3n) is 5.24. The first-order chi connectivity index (χ1) is 13.4. The van der Waals surface area contributed by atoms with Crippen molar-refractivity contribution in [1.82, 2.24) is 10.2 Å². The Morgan fingerprint density at radius 1 is 1.21 bits per heavy atom. The van der Waals surface area contributed by atoms with Crippen molar-refractivity contribution >= 4 is 6.09 Å². The Balaban J connectivity index is 1.52. The second-order valence-electron chi connectivity index (χ2n) is 7.33. The molecule has 0 spiro atoms. The number of nitrogens with zero attached hydrogens (tertiary/aromatic N) is 1. The monoisotopic (exact) mass is 396 g/mol. The Bertz CT molecular complexity index is 624. The predicted molar refractivity (Wildman–Crippen MR) is 98.7 cm³/mol. The molecule has 9 heteroatoms. The van der Waals surface area contributed by atoms with Crippen LogP contribution in [0.25, 0.3) is 0 Å². The van der Waals surface area contributed by atoms with Crippen LogP contribution in [0.2, 0.25) is 0 Å². The van der Waals surface area contributed by atoms with Gasteiger partial charge in [-0.1, -0.05) is 30.3 Å². The molecular weight excluding hydrogens is 368 g/mol. The fourth-order valence-electron chi connectivity index (χ4n) is 3.67. The average molecular weight is 396 g/mol. The van der Waals surface area contributed by atoms with Crippen LogP contribution in [0.1, 0.15) is 24.7 Å². The molecule has 0 saturated carbocycles. The minimum atomic E-state index is -1.28. The summed E-state index contributed by atoms with van der Waals surface area (Å²) in [7, 11) is 0. The molecule has 0 aromatic heterocycles. The number of aliphatic hydroxyl groups excluding tert-OH is 3. The Labute approximate surface area is 163 Å². The first kappa shape index (κ1) is 21.0. The highest BCUT2D eigenvalue weighted by atomic mass is 16.7. The van der Waals surface area contributed by atoms with E-state index in [0.717, 1.165) is 5.56 Å². The molecule has 1 aromatic rings. The van der Waals surface area contributed by atoms with Gasteiger partial charge in [-0.05, 0) is 12.8 Å². The Morgan fingerprint density at radius 3 is 2.54 bits per heavy atom. The lowest BCUT2D eigenvalue weighted by atomic mass is 9.99. The summed E-state index contributed by atoms with van der Waals surface area (Å²) in [5.74, 6) is 0. The van der Waals surface area contributed by atoms with Crippen molar-refractivity contribution in [2.75, 3.05) is 26.2 Å². The number of carbonyl (C=O) groups is 1. The van der Waals surface area contributed by atoms with Gasteiger partial charge >= 0.3 is 6.09 Å². The van der Waals surface area contributed by atoms with E-state index >= 15 is 0 Å². The van der Waals surface area contributed by atoms with Gasteiger partial charge in [-0.2, -0.15) is 0 Å². The lowest BCUT2D eigenvalue weighted by Crippen LogP contribution is -2.54. The summed E-state index contributed by atoms with van der Waals surface area (Å²) < 4.78 is 11.2. The zero-order chi connectivity index (χ0) is 20.1. The van der Waals surface area contributed by atoms with Crippen molar-refractivity contribution in [2.24, 2.45) is 0 Å². The molecule has 2 saturated heterocycles. The molecule has 156 valence electrons. The van der Waals surface area contributed by atoms with E-state index in [9.17, 15) is 20.1 Å². The largest absolute Gasteiger partial charge is 0.465 e. The normalized spacial score (nSPS) is 29.2. The molecule has 1 aromatic carbocycles. The van der Waals surface area contributed by atoms with Gasteiger partial charge in [0.05, 0.1) is 12.7 Å². The number of amides is 1. The number of rotatable bonds is 6. The topological polar surface area (TPSA) is 132 Å². The summed E-state index contributed by atoms with van der Waals surface area (Å²) in [5, 5.41) is 42.5. The van der Waals surface area contributed by atoms with Gasteiger partial charge < -0.3 is 40.1 Å². The van der Waals surface area contributed by atoms with Crippen molar-refractivity contribution < 1.29 is 34.7 Å². The summed E-state index contributed by atoms with van der Waals surface area (Å²) in [6.07, 6.45) is -4.88. The molecule has 5 N–H and O–H groups in total. The molecule has 2 aliphatic rings. The van der Waals surface area contributed by atoms with Gasteiger partial charge in [-0.3, -0.25) is 0 Å². The highest BCUT2D eigenvalue weighted by Gasteiger charge is 2.40. The fraction of sp³-hybridized carbons (Fsp3) is 0.632. The van der Waals surface area contributed by atoms with Crippen molar-refractivity contribution in [3.05, 3.63) is 35.9 Å². The minimum Gasteiger partial charge on any atom is -0.465 e. The van der Waals surface area contributed by atoms with Gasteiger partial charge in [-0.25, -0.2) is 4.79 Å². The second-order valence-corrected chi connectivity index (χ2v) is 7.33. The molecule has 2 aliphatic heterocycles. The van der Waals surface area contributed by atoms with E-state index in [1.54, 1.807) is 0 Å². The van der Waals surface area contributed by atoms with E-state index in [4.69, 9.17) is 14.6 Å². The van der Waals surface area contributed by atoms with E-state index in [1.807, 2.05) is 35.2 Å². The van der Waals surface area contributed by atoms with Crippen molar-refractivity contribution in [2.45, 2.75) is 49.6 Å². The van der Waals surface area contributed by atoms with Crippen LogP contribution in [0.15, 0.2) is 30.3 Å². The van der Waals surface area contributed by atoms with Crippen LogP contribution in [0, 0.1) is 0 Å². The van der Waals surface area contributed by atoms with E-state index in [2.05, 4.69) is 5.32 Å². The van der Waals surface area contributed by atoms with Crippen molar-refractivity contribution in [3.63, 3.8) is 0 Å². The van der Waals surface area contributed by atoms with Gasteiger partial charge in [-0.15, -0.1) is 0 Å². The number of β-amino-alcohol motifs (C(OH)–C–C–N with tert-alkyl or cyclic N) is 1. The van der Waals surface area contributed by atoms with Gasteiger partial charge in [0.1, 0.15) is 18.3 Å². The number of benzene rings is 1. The number of carboxylic acid groups (broad SMARTS) is 1. The average Bonchev–Trinajstić information content (AvgIpc) is 2.69. The number of piperidine rings is 1. The van der Waals surface area contributed by atoms with E-state index in [1.165, 1.54) is 0 Å². The molecule has 3 rings (SSSR count). The van der Waals surface area contributed by atoms with Crippen LogP contribution in [-0.4, -0.2) is 88.1 Å². The quantitative estimate of drug-likeness (QED) is 0.451. The smallest absolute Gasteiger partial charge is 0.404 e. The lowest BCUT2D eigenvalue weighted by Gasteiger charge is -2.39. The predicted octanol–water partition coefficient (Wildman–Crippen LogP) is -0.0847. The van der Waals surface area contributed by atoms with Crippen molar-refractivity contribution in [1.29, 1.82) is 0 Å². The molecule has 9 nitrogen and oxygen atoms in total. The van der Waals surface area contributed by atoms with Crippen LogP contribution in [0.5, 0.6) is 0 Å². The number of hydrogen-bond acceptors (Lipinski definition) is 7. The highest BCUT2D eigenvalue weighted by Crippen LogP contribution is 2.28. The summed E-state index contributed by atoms with van der Waals surface area (Å²) in [4.78, 5) is 12.7. The second kappa shape index (κ2) is 9.64. The molecule has 28 heavy (non-hydrogen) atoms. The van der Waals surface area contributed by atoms with Crippen molar-refractivity contribution in [3.8, 4) is 0 Å². The Morgan fingerprint density at radius 2 is 1.89 bits per heavy atom. The number of aliphatic hydroxyl groups is 3. The molecule has 1 unspecified atom stereocenters. The van der Waals surface area contributed by atoms with Crippen LogP contribution in [0.4, 0.5) is 4.79 Å². The van der Waals surface area contributed by atoms with E-state index < -0.39 is 36.8 Å². The first-order valence-electron chi connectivity index (χ1n) is 9.52. The minimum absolute atomic E-state index is 0.000258. The highest BCUT2D eigenvalue weighted by molar-refractivity contribution is 5.64. The lowest BCUT2D eigenvalue weighted by molar-refractivity contribution is -0.283. The summed E-state index contributed by atoms with van der Waals surface area (Å²) >= 11 is 0. The zero-order valence-electron chi connectivity index (χ0n) is 15.6. The standard InChI is InChI=1S/C19H28N2O7/c22-14(10-21-8-6-13(7-9-21)20-19(25)26)16(24)17-15(23)11-27-18(28-17)12-4-2-1-3-5-12/h1-5,13-18,20,22-24H,6-11H2,(H,25,26)/t14-,15+,16+,17+,18?/m0/s1. The van der Waals surface area contributed by atoms with Crippen LogP contribution in [-0.2, 0) is 9.47 Å². The van der Waals surface area contributed by atoms with Gasteiger partial charge in [0.15, 0.2) is 6.29 Å². The number of likely N-dealkylation sites (tertiary alicyclic amines) is 1. The van der Waals surface area contributed by atoms with Gasteiger partial charge in [0, 0.05) is 31.2 Å². The Hall–Kier alpha value is -1.75. The molecule has 2 fully saturated rings. The van der Waals surface area contributed by atoms with E-state index in [-0.39, 0.29) is 19.2 Å². The molecule has 0 bridgehead atoms. The van der Waals surface area contributed by atoms with Gasteiger partial charge in [0.25, 0.3) is 0 Å². The summed E-state index contributed by atoms with van der Waals surface area (Å²) in [6, 6.07) is 9.12. The van der Waals surface area contributed by atoms with Crippen LogP contribution >= 0.6 is 0 Å². The number of nitrogens with one attached hydrogen (secondary N) is 1. The fourth-order valence-corrected chi connectivity index (χ4v) is 3.67. The molecule has 5 atom stereocenters. The van der Waals surface area contributed by atoms with Gasteiger partial charge in [0.2, 0.25) is 0 Å².